The zero-order valence-corrected chi connectivity index (χ0v) is 12.9. The van der Waals surface area contributed by atoms with Gasteiger partial charge in [-0.15, -0.1) is 12.4 Å². The molecule has 2 N–H and O–H groups in total. The van der Waals surface area contributed by atoms with Crippen LogP contribution in [0, 0.1) is 11.2 Å². The maximum Gasteiger partial charge on any atom is 0.123 e. The molecule has 0 saturated carbocycles. The molecule has 1 atom stereocenters. The molecule has 1 aliphatic rings. The zero-order chi connectivity index (χ0) is 13.9. The molecule has 0 unspecified atom stereocenters. The van der Waals surface area contributed by atoms with Crippen LogP contribution in [0.1, 0.15) is 25.5 Å². The van der Waals surface area contributed by atoms with Crippen LogP contribution in [0.2, 0.25) is 0 Å². The molecule has 20 heavy (non-hydrogen) atoms. The fraction of sp³-hybridized carbons (Fsp3) is 0.600. The molecule has 0 bridgehead atoms. The van der Waals surface area contributed by atoms with Crippen LogP contribution < -0.4 is 5.32 Å². The van der Waals surface area contributed by atoms with E-state index >= 15 is 0 Å². The number of benzene rings is 1. The number of hydrogen-bond acceptors (Lipinski definition) is 3. The minimum absolute atomic E-state index is 0. The van der Waals surface area contributed by atoms with Gasteiger partial charge in [0.2, 0.25) is 0 Å². The van der Waals surface area contributed by atoms with Crippen LogP contribution in [0.3, 0.4) is 0 Å². The van der Waals surface area contributed by atoms with Crippen molar-refractivity contribution in [2.24, 2.45) is 5.41 Å². The first kappa shape index (κ1) is 17.4. The Balaban J connectivity index is 0.00000200. The summed E-state index contributed by atoms with van der Waals surface area (Å²) in [5.74, 6) is -0.218. The Morgan fingerprint density at radius 1 is 1.25 bits per heavy atom. The average Bonchev–Trinajstić information content (AvgIpc) is 2.42. The van der Waals surface area contributed by atoms with Crippen molar-refractivity contribution in [2.75, 3.05) is 32.8 Å². The second-order valence-corrected chi connectivity index (χ2v) is 5.89. The van der Waals surface area contributed by atoms with Gasteiger partial charge in [-0.1, -0.05) is 26.0 Å². The number of halogens is 2. The van der Waals surface area contributed by atoms with Gasteiger partial charge in [0.15, 0.2) is 0 Å². The van der Waals surface area contributed by atoms with Crippen molar-refractivity contribution in [3.8, 4) is 0 Å². The summed E-state index contributed by atoms with van der Waals surface area (Å²) in [6.07, 6.45) is 0. The Labute approximate surface area is 126 Å². The van der Waals surface area contributed by atoms with E-state index in [1.165, 1.54) is 12.1 Å². The molecule has 0 spiro atoms. The van der Waals surface area contributed by atoms with Crippen molar-refractivity contribution in [3.63, 3.8) is 0 Å². The van der Waals surface area contributed by atoms with Crippen LogP contribution in [0.5, 0.6) is 0 Å². The second-order valence-electron chi connectivity index (χ2n) is 5.89. The lowest BCUT2D eigenvalue weighted by molar-refractivity contribution is 0.0305. The van der Waals surface area contributed by atoms with E-state index < -0.39 is 0 Å². The summed E-state index contributed by atoms with van der Waals surface area (Å²) in [4.78, 5) is 2.37. The van der Waals surface area contributed by atoms with Crippen molar-refractivity contribution in [1.29, 1.82) is 0 Å². The van der Waals surface area contributed by atoms with Crippen LogP contribution in [0.4, 0.5) is 4.39 Å². The van der Waals surface area contributed by atoms with Gasteiger partial charge in [0.25, 0.3) is 0 Å². The highest BCUT2D eigenvalue weighted by Crippen LogP contribution is 2.38. The van der Waals surface area contributed by atoms with Crippen LogP contribution in [0.25, 0.3) is 0 Å². The van der Waals surface area contributed by atoms with Crippen molar-refractivity contribution in [1.82, 2.24) is 10.2 Å². The molecule has 2 rings (SSSR count). The quantitative estimate of drug-likeness (QED) is 0.895. The fourth-order valence-corrected chi connectivity index (χ4v) is 2.83. The van der Waals surface area contributed by atoms with Gasteiger partial charge in [0.1, 0.15) is 5.82 Å². The van der Waals surface area contributed by atoms with Crippen LogP contribution >= 0.6 is 12.4 Å². The standard InChI is InChI=1S/C15H23FN2O.ClH/c1-15(2,11-19)14(18-9-7-17-8-10-18)12-3-5-13(16)6-4-12;/h3-6,14,17,19H,7-11H2,1-2H3;1H/t14-;/m1./s1. The van der Waals surface area contributed by atoms with Gasteiger partial charge in [-0.2, -0.15) is 0 Å². The molecule has 0 radical (unpaired) electrons. The largest absolute Gasteiger partial charge is 0.396 e. The third kappa shape index (κ3) is 3.92. The summed E-state index contributed by atoms with van der Waals surface area (Å²) in [6.45, 7) is 8.04. The maximum atomic E-state index is 13.1. The fourth-order valence-electron chi connectivity index (χ4n) is 2.83. The summed E-state index contributed by atoms with van der Waals surface area (Å²) in [6, 6.07) is 6.77. The smallest absolute Gasteiger partial charge is 0.123 e. The third-order valence-electron chi connectivity index (χ3n) is 3.85. The highest BCUT2D eigenvalue weighted by atomic mass is 35.5. The molecule has 0 aromatic heterocycles. The predicted octanol–water partition coefficient (Wildman–Crippen LogP) is 2.21. The van der Waals surface area contributed by atoms with Crippen molar-refractivity contribution in [3.05, 3.63) is 35.6 Å². The van der Waals surface area contributed by atoms with Crippen molar-refractivity contribution in [2.45, 2.75) is 19.9 Å². The molecule has 0 aliphatic carbocycles. The van der Waals surface area contributed by atoms with Crippen molar-refractivity contribution >= 4 is 12.4 Å². The topological polar surface area (TPSA) is 35.5 Å². The van der Waals surface area contributed by atoms with Gasteiger partial charge in [-0.3, -0.25) is 4.90 Å². The molecule has 1 aromatic carbocycles. The van der Waals surface area contributed by atoms with E-state index in [-0.39, 0.29) is 36.3 Å². The van der Waals surface area contributed by atoms with Gasteiger partial charge in [0.05, 0.1) is 0 Å². The van der Waals surface area contributed by atoms with Crippen LogP contribution in [0.15, 0.2) is 24.3 Å². The molecular weight excluding hydrogens is 279 g/mol. The molecule has 1 heterocycles. The van der Waals surface area contributed by atoms with Gasteiger partial charge in [-0.05, 0) is 17.7 Å². The first-order valence-electron chi connectivity index (χ1n) is 6.86. The number of piperazine rings is 1. The molecule has 0 amide bonds. The van der Waals surface area contributed by atoms with Crippen molar-refractivity contribution < 1.29 is 9.50 Å². The van der Waals surface area contributed by atoms with Gasteiger partial charge in [-0.25, -0.2) is 4.39 Å². The van der Waals surface area contributed by atoms with E-state index in [1.54, 1.807) is 0 Å². The SMILES string of the molecule is CC(C)(CO)[C@@H](c1ccc(F)cc1)N1CCNCC1.Cl. The first-order chi connectivity index (χ1) is 9.04. The minimum atomic E-state index is -0.255. The number of hydrogen-bond donors (Lipinski definition) is 2. The van der Waals surface area contributed by atoms with E-state index in [1.807, 2.05) is 12.1 Å². The van der Waals surface area contributed by atoms with E-state index in [0.29, 0.717) is 0 Å². The first-order valence-corrected chi connectivity index (χ1v) is 6.86. The molecule has 1 fully saturated rings. The average molecular weight is 303 g/mol. The van der Waals surface area contributed by atoms with Gasteiger partial charge >= 0.3 is 0 Å². The lowest BCUT2D eigenvalue weighted by Gasteiger charge is -2.43. The van der Waals surface area contributed by atoms with Crippen LogP contribution in [-0.2, 0) is 0 Å². The molecule has 1 aliphatic heterocycles. The molecule has 3 nitrogen and oxygen atoms in total. The predicted molar refractivity (Wildman–Crippen MR) is 81.7 cm³/mol. The summed E-state index contributed by atoms with van der Waals surface area (Å²) < 4.78 is 13.1. The summed E-state index contributed by atoms with van der Waals surface area (Å²) in [5.41, 5.74) is 0.817. The highest BCUT2D eigenvalue weighted by molar-refractivity contribution is 5.85. The summed E-state index contributed by atoms with van der Waals surface area (Å²) >= 11 is 0. The lowest BCUT2D eigenvalue weighted by Crippen LogP contribution is -2.49. The maximum absolute atomic E-state index is 13.1. The Kier molecular flexibility index (Phi) is 6.40. The Morgan fingerprint density at radius 2 is 1.80 bits per heavy atom. The Bertz CT molecular complexity index is 405. The van der Waals surface area contributed by atoms with E-state index in [2.05, 4.69) is 24.1 Å². The molecule has 1 aromatic rings. The summed E-state index contributed by atoms with van der Waals surface area (Å²) in [5, 5.41) is 13.0. The summed E-state index contributed by atoms with van der Waals surface area (Å²) in [7, 11) is 0. The zero-order valence-electron chi connectivity index (χ0n) is 12.1. The molecule has 1 saturated heterocycles. The van der Waals surface area contributed by atoms with E-state index in [9.17, 15) is 9.50 Å². The highest BCUT2D eigenvalue weighted by Gasteiger charge is 2.35. The molecule has 5 heteroatoms. The molecular formula is C15H24ClFN2O. The number of nitrogens with one attached hydrogen (secondary N) is 1. The second kappa shape index (κ2) is 7.36. The normalized spacial score (nSPS) is 18.4. The monoisotopic (exact) mass is 302 g/mol. The Hall–Kier alpha value is -0.680. The van der Waals surface area contributed by atoms with Gasteiger partial charge in [0, 0.05) is 44.2 Å². The number of rotatable bonds is 4. The van der Waals surface area contributed by atoms with Crippen LogP contribution in [-0.4, -0.2) is 42.8 Å². The Morgan fingerprint density at radius 3 is 2.30 bits per heavy atom. The minimum Gasteiger partial charge on any atom is -0.396 e. The number of aliphatic hydroxyl groups is 1. The third-order valence-corrected chi connectivity index (χ3v) is 3.85. The van der Waals surface area contributed by atoms with E-state index in [4.69, 9.17) is 0 Å². The number of aliphatic hydroxyl groups excluding tert-OH is 1. The molecule has 114 valence electrons. The lowest BCUT2D eigenvalue weighted by atomic mass is 9.80. The van der Waals surface area contributed by atoms with E-state index in [0.717, 1.165) is 31.7 Å². The van der Waals surface area contributed by atoms with Gasteiger partial charge < -0.3 is 10.4 Å². The number of nitrogens with zero attached hydrogens (tertiary/aromatic N) is 1.